The summed E-state index contributed by atoms with van der Waals surface area (Å²) in [6.07, 6.45) is 0. The van der Waals surface area contributed by atoms with Crippen LogP contribution in [0.4, 0.5) is 4.39 Å². The van der Waals surface area contributed by atoms with Crippen molar-refractivity contribution >= 4 is 5.91 Å². The van der Waals surface area contributed by atoms with Crippen LogP contribution in [0.25, 0.3) is 0 Å². The van der Waals surface area contributed by atoms with Crippen LogP contribution in [0.15, 0.2) is 24.3 Å². The fourth-order valence-corrected chi connectivity index (χ4v) is 2.29. The third-order valence-electron chi connectivity index (χ3n) is 3.52. The maximum atomic E-state index is 12.7. The molecule has 1 aromatic rings. The molecule has 2 atom stereocenters. The summed E-state index contributed by atoms with van der Waals surface area (Å²) in [5, 5.41) is 2.83. The van der Waals surface area contributed by atoms with Crippen molar-refractivity contribution in [3.8, 4) is 0 Å². The minimum Gasteiger partial charge on any atom is -0.351 e. The first-order valence-electron chi connectivity index (χ1n) is 6.53. The lowest BCUT2D eigenvalue weighted by Gasteiger charge is -2.14. The van der Waals surface area contributed by atoms with E-state index >= 15 is 0 Å². The molecule has 1 aliphatic rings. The smallest absolute Gasteiger partial charge is 0.234 e. The molecule has 1 amide bonds. The molecule has 1 fully saturated rings. The second kappa shape index (κ2) is 6.12. The molecule has 1 saturated heterocycles. The highest BCUT2D eigenvalue weighted by Gasteiger charge is 2.27. The molecule has 4 nitrogen and oxygen atoms in total. The van der Waals surface area contributed by atoms with E-state index < -0.39 is 0 Å². The maximum Gasteiger partial charge on any atom is 0.234 e. The number of carbonyl (C=O) groups excluding carboxylic acids is 1. The zero-order valence-corrected chi connectivity index (χ0v) is 11.1. The second-order valence-electron chi connectivity index (χ2n) is 5.24. The lowest BCUT2D eigenvalue weighted by molar-refractivity contribution is -0.122. The molecule has 0 spiro atoms. The van der Waals surface area contributed by atoms with Gasteiger partial charge in [-0.3, -0.25) is 9.69 Å². The van der Waals surface area contributed by atoms with Crippen LogP contribution < -0.4 is 11.1 Å². The van der Waals surface area contributed by atoms with Crippen molar-refractivity contribution in [2.45, 2.75) is 19.5 Å². The number of nitrogens with one attached hydrogen (secondary N) is 1. The average molecular weight is 265 g/mol. The molecule has 104 valence electrons. The highest BCUT2D eigenvalue weighted by molar-refractivity contribution is 5.78. The van der Waals surface area contributed by atoms with Gasteiger partial charge < -0.3 is 11.1 Å². The Hall–Kier alpha value is -1.46. The number of carbonyl (C=O) groups is 1. The third kappa shape index (κ3) is 4.01. The van der Waals surface area contributed by atoms with Gasteiger partial charge in [-0.25, -0.2) is 4.39 Å². The van der Waals surface area contributed by atoms with E-state index in [0.717, 1.165) is 18.7 Å². The lowest BCUT2D eigenvalue weighted by atomic mass is 10.1. The van der Waals surface area contributed by atoms with Gasteiger partial charge >= 0.3 is 0 Å². The molecule has 0 radical (unpaired) electrons. The SMILES string of the molecule is CC1CN(CC(=O)NCc2ccc(F)cc2)CC1N. The van der Waals surface area contributed by atoms with Gasteiger partial charge in [0.05, 0.1) is 6.54 Å². The highest BCUT2D eigenvalue weighted by Crippen LogP contribution is 2.13. The molecule has 2 rings (SSSR count). The molecule has 1 heterocycles. The van der Waals surface area contributed by atoms with E-state index in [1.807, 2.05) is 0 Å². The molecule has 2 unspecified atom stereocenters. The van der Waals surface area contributed by atoms with E-state index in [4.69, 9.17) is 5.73 Å². The van der Waals surface area contributed by atoms with Gasteiger partial charge in [0.1, 0.15) is 5.82 Å². The van der Waals surface area contributed by atoms with Crippen LogP contribution in [0.5, 0.6) is 0 Å². The number of hydrogen-bond acceptors (Lipinski definition) is 3. The number of amides is 1. The Balaban J connectivity index is 1.74. The molecular weight excluding hydrogens is 245 g/mol. The van der Waals surface area contributed by atoms with Gasteiger partial charge in [-0.05, 0) is 23.6 Å². The maximum absolute atomic E-state index is 12.7. The normalized spacial score (nSPS) is 23.5. The zero-order chi connectivity index (χ0) is 13.8. The summed E-state index contributed by atoms with van der Waals surface area (Å²) in [7, 11) is 0. The van der Waals surface area contributed by atoms with Gasteiger partial charge in [-0.2, -0.15) is 0 Å². The third-order valence-corrected chi connectivity index (χ3v) is 3.52. The molecule has 0 saturated carbocycles. The number of benzene rings is 1. The molecule has 19 heavy (non-hydrogen) atoms. The van der Waals surface area contributed by atoms with E-state index in [0.29, 0.717) is 19.0 Å². The van der Waals surface area contributed by atoms with E-state index in [1.165, 1.54) is 12.1 Å². The number of halogens is 1. The van der Waals surface area contributed by atoms with E-state index in [9.17, 15) is 9.18 Å². The summed E-state index contributed by atoms with van der Waals surface area (Å²) in [6.45, 7) is 4.53. The van der Waals surface area contributed by atoms with Gasteiger partial charge in [0, 0.05) is 25.7 Å². The Bertz CT molecular complexity index is 425. The van der Waals surface area contributed by atoms with Crippen molar-refractivity contribution in [2.24, 2.45) is 11.7 Å². The van der Waals surface area contributed by atoms with Crippen LogP contribution in [0.2, 0.25) is 0 Å². The second-order valence-corrected chi connectivity index (χ2v) is 5.24. The van der Waals surface area contributed by atoms with Crippen LogP contribution in [-0.2, 0) is 11.3 Å². The molecule has 0 aliphatic carbocycles. The van der Waals surface area contributed by atoms with Crippen LogP contribution in [-0.4, -0.2) is 36.5 Å². The fraction of sp³-hybridized carbons (Fsp3) is 0.500. The minimum absolute atomic E-state index is 0.0226. The number of nitrogens with two attached hydrogens (primary N) is 1. The van der Waals surface area contributed by atoms with Gasteiger partial charge in [-0.15, -0.1) is 0 Å². The predicted octanol–water partition coefficient (Wildman–Crippen LogP) is 0.721. The van der Waals surface area contributed by atoms with Gasteiger partial charge in [0.2, 0.25) is 5.91 Å². The van der Waals surface area contributed by atoms with E-state index in [2.05, 4.69) is 17.1 Å². The number of nitrogens with zero attached hydrogens (tertiary/aromatic N) is 1. The zero-order valence-electron chi connectivity index (χ0n) is 11.1. The number of likely N-dealkylation sites (tertiary alicyclic amines) is 1. The van der Waals surface area contributed by atoms with Crippen LogP contribution in [0.3, 0.4) is 0 Å². The average Bonchev–Trinajstić information content (AvgIpc) is 2.67. The Morgan fingerprint density at radius 3 is 2.68 bits per heavy atom. The van der Waals surface area contributed by atoms with Crippen molar-refractivity contribution in [1.82, 2.24) is 10.2 Å². The van der Waals surface area contributed by atoms with Crippen molar-refractivity contribution in [3.05, 3.63) is 35.6 Å². The fourth-order valence-electron chi connectivity index (χ4n) is 2.29. The van der Waals surface area contributed by atoms with E-state index in [-0.39, 0.29) is 17.8 Å². The van der Waals surface area contributed by atoms with Crippen molar-refractivity contribution in [2.75, 3.05) is 19.6 Å². The van der Waals surface area contributed by atoms with Crippen LogP contribution >= 0.6 is 0 Å². The van der Waals surface area contributed by atoms with Crippen molar-refractivity contribution in [1.29, 1.82) is 0 Å². The standard InChI is InChI=1S/C14H20FN3O/c1-10-7-18(8-13(10)16)9-14(19)17-6-11-2-4-12(15)5-3-11/h2-5,10,13H,6-9,16H2,1H3,(H,17,19). The molecule has 0 bridgehead atoms. The first-order chi connectivity index (χ1) is 9.04. The molecule has 3 N–H and O–H groups in total. The van der Waals surface area contributed by atoms with Crippen LogP contribution in [0.1, 0.15) is 12.5 Å². The van der Waals surface area contributed by atoms with Gasteiger partial charge in [0.25, 0.3) is 0 Å². The van der Waals surface area contributed by atoms with Crippen molar-refractivity contribution in [3.63, 3.8) is 0 Å². The van der Waals surface area contributed by atoms with Gasteiger partial charge in [-0.1, -0.05) is 19.1 Å². The highest BCUT2D eigenvalue weighted by atomic mass is 19.1. The molecule has 0 aromatic heterocycles. The minimum atomic E-state index is -0.268. The summed E-state index contributed by atoms with van der Waals surface area (Å²) >= 11 is 0. The summed E-state index contributed by atoms with van der Waals surface area (Å²) < 4.78 is 12.7. The summed E-state index contributed by atoms with van der Waals surface area (Å²) in [5.74, 6) is 0.144. The molecule has 5 heteroatoms. The Labute approximate surface area is 112 Å². The Morgan fingerprint density at radius 1 is 1.42 bits per heavy atom. The summed E-state index contributed by atoms with van der Waals surface area (Å²) in [4.78, 5) is 13.8. The Morgan fingerprint density at radius 2 is 2.11 bits per heavy atom. The van der Waals surface area contributed by atoms with Crippen molar-refractivity contribution < 1.29 is 9.18 Å². The Kier molecular flexibility index (Phi) is 4.50. The lowest BCUT2D eigenvalue weighted by Crippen LogP contribution is -2.37. The summed E-state index contributed by atoms with van der Waals surface area (Å²) in [5.41, 5.74) is 6.80. The first kappa shape index (κ1) is 14.0. The monoisotopic (exact) mass is 265 g/mol. The number of hydrogen-bond donors (Lipinski definition) is 2. The summed E-state index contributed by atoms with van der Waals surface area (Å²) in [6, 6.07) is 6.28. The molecule has 1 aliphatic heterocycles. The number of rotatable bonds is 4. The topological polar surface area (TPSA) is 58.4 Å². The molecule has 1 aromatic carbocycles. The quantitative estimate of drug-likeness (QED) is 0.843. The predicted molar refractivity (Wildman–Crippen MR) is 71.8 cm³/mol. The van der Waals surface area contributed by atoms with E-state index in [1.54, 1.807) is 12.1 Å². The van der Waals surface area contributed by atoms with Gasteiger partial charge in [0.15, 0.2) is 0 Å². The first-order valence-corrected chi connectivity index (χ1v) is 6.53. The van der Waals surface area contributed by atoms with Crippen LogP contribution in [0, 0.1) is 11.7 Å². The molecular formula is C14H20FN3O. The largest absolute Gasteiger partial charge is 0.351 e.